The summed E-state index contributed by atoms with van der Waals surface area (Å²) in [4.78, 5) is 26.1. The van der Waals surface area contributed by atoms with Crippen LogP contribution in [0, 0.1) is 0 Å². The topological polar surface area (TPSA) is 89.5 Å². The van der Waals surface area contributed by atoms with Crippen LogP contribution in [-0.4, -0.2) is 33.2 Å². The van der Waals surface area contributed by atoms with Gasteiger partial charge in [-0.3, -0.25) is 4.79 Å². The van der Waals surface area contributed by atoms with Gasteiger partial charge in [0.1, 0.15) is 4.88 Å². The predicted octanol–water partition coefficient (Wildman–Crippen LogP) is 4.25. The predicted molar refractivity (Wildman–Crippen MR) is 113 cm³/mol. The number of sulfone groups is 1. The molecular formula is C21H19NO5S2. The lowest BCUT2D eigenvalue weighted by molar-refractivity contribution is 0.0607. The van der Waals surface area contributed by atoms with E-state index in [4.69, 9.17) is 4.74 Å². The molecule has 3 aromatic rings. The van der Waals surface area contributed by atoms with Crippen LogP contribution >= 0.6 is 11.3 Å². The van der Waals surface area contributed by atoms with E-state index in [1.165, 1.54) is 37.5 Å². The van der Waals surface area contributed by atoms with Gasteiger partial charge in [-0.2, -0.15) is 0 Å². The van der Waals surface area contributed by atoms with E-state index in [9.17, 15) is 18.0 Å². The number of methoxy groups -OCH3 is 1. The Morgan fingerprint density at radius 3 is 2.34 bits per heavy atom. The number of thiophene rings is 1. The van der Waals surface area contributed by atoms with Crippen molar-refractivity contribution in [2.24, 2.45) is 0 Å². The van der Waals surface area contributed by atoms with Gasteiger partial charge in [-0.25, -0.2) is 13.2 Å². The molecule has 0 spiro atoms. The fourth-order valence-electron chi connectivity index (χ4n) is 2.74. The highest BCUT2D eigenvalue weighted by Crippen LogP contribution is 2.35. The first-order chi connectivity index (χ1) is 13.9. The van der Waals surface area contributed by atoms with Gasteiger partial charge >= 0.3 is 5.97 Å². The monoisotopic (exact) mass is 429 g/mol. The number of nitrogens with one attached hydrogen (secondary N) is 1. The van der Waals surface area contributed by atoms with Gasteiger partial charge in [-0.05, 0) is 23.8 Å². The summed E-state index contributed by atoms with van der Waals surface area (Å²) in [6, 6.07) is 17.1. The molecule has 0 atom stereocenters. The van der Waals surface area contributed by atoms with Crippen molar-refractivity contribution in [3.05, 3.63) is 71.1 Å². The largest absolute Gasteiger partial charge is 0.465 e. The third-order valence-corrected chi connectivity index (χ3v) is 7.21. The van der Waals surface area contributed by atoms with E-state index in [-0.39, 0.29) is 26.8 Å². The fourth-order valence-corrected chi connectivity index (χ4v) is 4.87. The van der Waals surface area contributed by atoms with Crippen molar-refractivity contribution in [3.63, 3.8) is 0 Å². The van der Waals surface area contributed by atoms with E-state index in [1.54, 1.807) is 18.2 Å². The third-order valence-electron chi connectivity index (χ3n) is 4.26. The second kappa shape index (κ2) is 8.59. The molecule has 6 nitrogen and oxygen atoms in total. The summed E-state index contributed by atoms with van der Waals surface area (Å²) in [5, 5.41) is 2.67. The molecule has 0 fully saturated rings. The van der Waals surface area contributed by atoms with Gasteiger partial charge in [0.25, 0.3) is 5.91 Å². The van der Waals surface area contributed by atoms with Crippen LogP contribution in [0.4, 0.5) is 5.69 Å². The summed E-state index contributed by atoms with van der Waals surface area (Å²) < 4.78 is 29.5. The molecule has 0 unspecified atom stereocenters. The maximum atomic E-state index is 12.9. The number of ether oxygens (including phenoxy) is 1. The number of rotatable bonds is 6. The van der Waals surface area contributed by atoms with Crippen LogP contribution in [-0.2, 0) is 14.6 Å². The minimum Gasteiger partial charge on any atom is -0.465 e. The molecule has 0 aliphatic carbocycles. The SMILES string of the molecule is CCS(=O)(=O)c1ccccc1C(=O)Nc1cc(-c2ccccc2)sc1C(=O)OC. The van der Waals surface area contributed by atoms with Crippen molar-refractivity contribution in [1.29, 1.82) is 0 Å². The van der Waals surface area contributed by atoms with Crippen LogP contribution in [0.5, 0.6) is 0 Å². The maximum Gasteiger partial charge on any atom is 0.350 e. The van der Waals surface area contributed by atoms with E-state index in [0.717, 1.165) is 10.4 Å². The van der Waals surface area contributed by atoms with Gasteiger partial charge in [0, 0.05) is 4.88 Å². The highest BCUT2D eigenvalue weighted by Gasteiger charge is 2.24. The zero-order chi connectivity index (χ0) is 21.0. The Kier molecular flexibility index (Phi) is 6.14. The maximum absolute atomic E-state index is 12.9. The van der Waals surface area contributed by atoms with E-state index < -0.39 is 21.7 Å². The number of benzene rings is 2. The van der Waals surface area contributed by atoms with Crippen molar-refractivity contribution in [2.75, 3.05) is 18.2 Å². The molecule has 0 aliphatic heterocycles. The smallest absolute Gasteiger partial charge is 0.350 e. The van der Waals surface area contributed by atoms with Crippen molar-refractivity contribution in [2.45, 2.75) is 11.8 Å². The normalized spacial score (nSPS) is 11.1. The molecule has 8 heteroatoms. The molecule has 3 rings (SSSR count). The summed E-state index contributed by atoms with van der Waals surface area (Å²) in [5.74, 6) is -1.32. The van der Waals surface area contributed by atoms with Crippen LogP contribution in [0.1, 0.15) is 27.0 Å². The van der Waals surface area contributed by atoms with Gasteiger partial charge in [0.15, 0.2) is 9.84 Å². The van der Waals surface area contributed by atoms with E-state index in [1.807, 2.05) is 30.3 Å². The number of hydrogen-bond acceptors (Lipinski definition) is 6. The molecule has 2 aromatic carbocycles. The molecule has 0 radical (unpaired) electrons. The number of carbonyl (C=O) groups excluding carboxylic acids is 2. The highest BCUT2D eigenvalue weighted by molar-refractivity contribution is 7.91. The number of carbonyl (C=O) groups is 2. The molecule has 1 amide bonds. The molecule has 1 N–H and O–H groups in total. The first-order valence-electron chi connectivity index (χ1n) is 8.78. The van der Waals surface area contributed by atoms with Crippen LogP contribution in [0.25, 0.3) is 10.4 Å². The van der Waals surface area contributed by atoms with Crippen LogP contribution in [0.3, 0.4) is 0 Å². The Hall–Kier alpha value is -2.97. The Morgan fingerprint density at radius 1 is 1.03 bits per heavy atom. The molecule has 29 heavy (non-hydrogen) atoms. The summed E-state index contributed by atoms with van der Waals surface area (Å²) in [6.07, 6.45) is 0. The molecule has 0 saturated carbocycles. The summed E-state index contributed by atoms with van der Waals surface area (Å²) >= 11 is 1.19. The van der Waals surface area contributed by atoms with Crippen molar-refractivity contribution in [1.82, 2.24) is 0 Å². The standard InChI is InChI=1S/C21H19NO5S2/c1-3-29(25,26)18-12-8-7-11-15(18)20(23)22-16-13-17(14-9-5-4-6-10-14)28-19(16)21(24)27-2/h4-13H,3H2,1-2H3,(H,22,23). The zero-order valence-corrected chi connectivity index (χ0v) is 17.5. The molecular weight excluding hydrogens is 410 g/mol. The van der Waals surface area contributed by atoms with Gasteiger partial charge in [-0.15, -0.1) is 11.3 Å². The van der Waals surface area contributed by atoms with Gasteiger partial charge in [0.05, 0.1) is 29.0 Å². The van der Waals surface area contributed by atoms with E-state index in [2.05, 4.69) is 5.32 Å². The lowest BCUT2D eigenvalue weighted by Crippen LogP contribution is -2.18. The number of amides is 1. The van der Waals surface area contributed by atoms with Gasteiger partial charge < -0.3 is 10.1 Å². The Morgan fingerprint density at radius 2 is 1.69 bits per heavy atom. The molecule has 0 saturated heterocycles. The third kappa shape index (κ3) is 4.38. The van der Waals surface area contributed by atoms with Crippen LogP contribution in [0.2, 0.25) is 0 Å². The minimum atomic E-state index is -3.58. The molecule has 1 aromatic heterocycles. The van der Waals surface area contributed by atoms with Crippen molar-refractivity contribution >= 4 is 38.7 Å². The number of esters is 1. The van der Waals surface area contributed by atoms with Crippen LogP contribution in [0.15, 0.2) is 65.6 Å². The van der Waals surface area contributed by atoms with Crippen molar-refractivity contribution in [3.8, 4) is 10.4 Å². The zero-order valence-electron chi connectivity index (χ0n) is 15.8. The first-order valence-corrected chi connectivity index (χ1v) is 11.2. The lowest BCUT2D eigenvalue weighted by atomic mass is 10.1. The summed E-state index contributed by atoms with van der Waals surface area (Å²) in [5.41, 5.74) is 1.18. The highest BCUT2D eigenvalue weighted by atomic mass is 32.2. The first kappa shape index (κ1) is 20.8. The summed E-state index contributed by atoms with van der Waals surface area (Å²) in [7, 11) is -2.32. The number of hydrogen-bond donors (Lipinski definition) is 1. The average molecular weight is 430 g/mol. The Labute approximate surface area is 173 Å². The summed E-state index contributed by atoms with van der Waals surface area (Å²) in [6.45, 7) is 1.52. The lowest BCUT2D eigenvalue weighted by Gasteiger charge is -2.10. The van der Waals surface area contributed by atoms with Crippen molar-refractivity contribution < 1.29 is 22.7 Å². The number of anilines is 1. The second-order valence-electron chi connectivity index (χ2n) is 6.06. The fraction of sp³-hybridized carbons (Fsp3) is 0.143. The quantitative estimate of drug-likeness (QED) is 0.592. The molecule has 150 valence electrons. The van der Waals surface area contributed by atoms with E-state index >= 15 is 0 Å². The molecule has 0 bridgehead atoms. The van der Waals surface area contributed by atoms with Crippen LogP contribution < -0.4 is 5.32 Å². The molecule has 1 heterocycles. The van der Waals surface area contributed by atoms with Gasteiger partial charge in [0.2, 0.25) is 0 Å². The molecule has 0 aliphatic rings. The Bertz CT molecular complexity index is 1150. The average Bonchev–Trinajstić information content (AvgIpc) is 3.17. The minimum absolute atomic E-state index is 0.0256. The van der Waals surface area contributed by atoms with E-state index in [0.29, 0.717) is 0 Å². The Balaban J connectivity index is 2.02. The second-order valence-corrected chi connectivity index (χ2v) is 9.36. The van der Waals surface area contributed by atoms with Gasteiger partial charge in [-0.1, -0.05) is 49.4 Å².